The Morgan fingerprint density at radius 3 is 2.89 bits per heavy atom. The summed E-state index contributed by atoms with van der Waals surface area (Å²) in [7, 11) is 1.35. The average molecular weight is 377 g/mol. The molecule has 2 aromatic rings. The third-order valence-electron chi connectivity index (χ3n) is 4.36. The number of morpholine rings is 1. The lowest BCUT2D eigenvalue weighted by Crippen LogP contribution is -2.44. The molecule has 7 heteroatoms. The van der Waals surface area contributed by atoms with Crippen molar-refractivity contribution in [1.82, 2.24) is 4.90 Å². The summed E-state index contributed by atoms with van der Waals surface area (Å²) in [6.07, 6.45) is -0.285. The zero-order valence-corrected chi connectivity index (χ0v) is 15.0. The van der Waals surface area contributed by atoms with Crippen LogP contribution < -0.4 is 4.74 Å². The van der Waals surface area contributed by atoms with E-state index in [4.69, 9.17) is 14.2 Å². The molecule has 0 spiro atoms. The van der Waals surface area contributed by atoms with Gasteiger partial charge in [-0.1, -0.05) is 18.2 Å². The van der Waals surface area contributed by atoms with Gasteiger partial charge in [0, 0.05) is 25.7 Å². The van der Waals surface area contributed by atoms with Crippen LogP contribution in [0.15, 0.2) is 42.5 Å². The summed E-state index contributed by atoms with van der Waals surface area (Å²) in [6, 6.07) is 10.4. The van der Waals surface area contributed by atoms with Crippen molar-refractivity contribution in [3.8, 4) is 5.75 Å². The molecule has 0 saturated carbocycles. The molecular formula is C20H21F2NO4. The van der Waals surface area contributed by atoms with Crippen LogP contribution in [0, 0.1) is 11.6 Å². The minimum atomic E-state index is -0.615. The quantitative estimate of drug-likeness (QED) is 0.725. The summed E-state index contributed by atoms with van der Waals surface area (Å²) in [5, 5.41) is 0. The van der Waals surface area contributed by atoms with E-state index in [1.807, 2.05) is 12.1 Å². The molecule has 0 N–H and O–H groups in total. The molecular weight excluding hydrogens is 356 g/mol. The van der Waals surface area contributed by atoms with E-state index < -0.39 is 11.6 Å². The van der Waals surface area contributed by atoms with Crippen molar-refractivity contribution in [2.45, 2.75) is 12.6 Å². The number of methoxy groups -OCH3 is 1. The molecule has 0 aliphatic carbocycles. The second-order valence-electron chi connectivity index (χ2n) is 6.26. The van der Waals surface area contributed by atoms with Crippen LogP contribution in [0.1, 0.15) is 15.9 Å². The van der Waals surface area contributed by atoms with E-state index in [2.05, 4.69) is 4.90 Å². The monoisotopic (exact) mass is 377 g/mol. The fourth-order valence-electron chi connectivity index (χ4n) is 3.00. The van der Waals surface area contributed by atoms with Gasteiger partial charge >= 0.3 is 5.97 Å². The molecule has 1 fully saturated rings. The third kappa shape index (κ3) is 5.02. The molecule has 0 bridgehead atoms. The van der Waals surface area contributed by atoms with Gasteiger partial charge < -0.3 is 14.2 Å². The van der Waals surface area contributed by atoms with Gasteiger partial charge in [-0.2, -0.15) is 0 Å². The highest BCUT2D eigenvalue weighted by Crippen LogP contribution is 2.20. The first-order chi connectivity index (χ1) is 13.1. The lowest BCUT2D eigenvalue weighted by molar-refractivity contribution is -0.0509. The first-order valence-electron chi connectivity index (χ1n) is 8.65. The Kier molecular flexibility index (Phi) is 6.36. The SMILES string of the molecule is COC(=O)c1ccccc1CN1CCOC(COc2cc(F)ccc2F)C1. The van der Waals surface area contributed by atoms with Crippen molar-refractivity contribution < 1.29 is 27.8 Å². The molecule has 1 atom stereocenters. The van der Waals surface area contributed by atoms with Gasteiger partial charge in [-0.25, -0.2) is 13.6 Å². The second kappa shape index (κ2) is 8.92. The molecule has 27 heavy (non-hydrogen) atoms. The summed E-state index contributed by atoms with van der Waals surface area (Å²) >= 11 is 0. The number of carbonyl (C=O) groups is 1. The van der Waals surface area contributed by atoms with Crippen molar-refractivity contribution >= 4 is 5.97 Å². The summed E-state index contributed by atoms with van der Waals surface area (Å²) in [4.78, 5) is 14.0. The Morgan fingerprint density at radius 1 is 1.26 bits per heavy atom. The van der Waals surface area contributed by atoms with Crippen molar-refractivity contribution in [2.24, 2.45) is 0 Å². The van der Waals surface area contributed by atoms with Gasteiger partial charge in [0.2, 0.25) is 0 Å². The predicted molar refractivity (Wildman–Crippen MR) is 94.7 cm³/mol. The van der Waals surface area contributed by atoms with Crippen molar-refractivity contribution in [3.63, 3.8) is 0 Å². The normalized spacial score (nSPS) is 17.5. The predicted octanol–water partition coefficient (Wildman–Crippen LogP) is 3.03. The third-order valence-corrected chi connectivity index (χ3v) is 4.36. The van der Waals surface area contributed by atoms with E-state index in [9.17, 15) is 13.6 Å². The van der Waals surface area contributed by atoms with Crippen LogP contribution in [0.2, 0.25) is 0 Å². The van der Waals surface area contributed by atoms with E-state index in [-0.39, 0.29) is 24.4 Å². The molecule has 1 heterocycles. The smallest absolute Gasteiger partial charge is 0.338 e. The zero-order valence-electron chi connectivity index (χ0n) is 15.0. The van der Waals surface area contributed by atoms with E-state index in [0.29, 0.717) is 31.8 Å². The lowest BCUT2D eigenvalue weighted by atomic mass is 10.1. The lowest BCUT2D eigenvalue weighted by Gasteiger charge is -2.33. The number of carbonyl (C=O) groups excluding carboxylic acids is 1. The highest BCUT2D eigenvalue weighted by atomic mass is 19.1. The molecule has 1 saturated heterocycles. The van der Waals surface area contributed by atoms with Gasteiger partial charge in [-0.15, -0.1) is 0 Å². The Hall–Kier alpha value is -2.51. The molecule has 0 aromatic heterocycles. The number of hydrogen-bond donors (Lipinski definition) is 0. The van der Waals surface area contributed by atoms with E-state index >= 15 is 0 Å². The molecule has 3 rings (SSSR count). The van der Waals surface area contributed by atoms with Crippen LogP contribution >= 0.6 is 0 Å². The summed E-state index contributed by atoms with van der Waals surface area (Å²) < 4.78 is 42.8. The maximum atomic E-state index is 13.7. The summed E-state index contributed by atoms with van der Waals surface area (Å²) in [5.41, 5.74) is 1.39. The Bertz CT molecular complexity index is 799. The first kappa shape index (κ1) is 19.3. The summed E-state index contributed by atoms with van der Waals surface area (Å²) in [6.45, 7) is 2.39. The highest BCUT2D eigenvalue weighted by molar-refractivity contribution is 5.90. The molecule has 0 radical (unpaired) electrons. The standard InChI is InChI=1S/C20H21F2NO4/c1-25-20(24)17-5-3-2-4-14(17)11-23-8-9-26-16(12-23)13-27-19-10-15(21)6-7-18(19)22/h2-7,10,16H,8-9,11-13H2,1H3. The average Bonchev–Trinajstić information content (AvgIpc) is 2.69. The van der Waals surface area contributed by atoms with Crippen LogP contribution in [-0.4, -0.2) is 50.4 Å². The van der Waals surface area contributed by atoms with Crippen molar-refractivity contribution in [3.05, 3.63) is 65.2 Å². The number of esters is 1. The van der Waals surface area contributed by atoms with Gasteiger partial charge in [0.05, 0.1) is 19.3 Å². The fraction of sp³-hybridized carbons (Fsp3) is 0.350. The van der Waals surface area contributed by atoms with E-state index in [0.717, 1.165) is 23.8 Å². The highest BCUT2D eigenvalue weighted by Gasteiger charge is 2.23. The number of halogens is 2. The molecule has 2 aromatic carbocycles. The van der Waals surface area contributed by atoms with Crippen LogP contribution in [0.4, 0.5) is 8.78 Å². The topological polar surface area (TPSA) is 48.0 Å². The van der Waals surface area contributed by atoms with E-state index in [1.165, 1.54) is 7.11 Å². The van der Waals surface area contributed by atoms with E-state index in [1.54, 1.807) is 12.1 Å². The largest absolute Gasteiger partial charge is 0.488 e. The molecule has 0 amide bonds. The van der Waals surface area contributed by atoms with Crippen LogP contribution in [0.3, 0.4) is 0 Å². The van der Waals surface area contributed by atoms with Crippen molar-refractivity contribution in [1.29, 1.82) is 0 Å². The maximum Gasteiger partial charge on any atom is 0.338 e. The number of benzene rings is 2. The van der Waals surface area contributed by atoms with Gasteiger partial charge in [0.1, 0.15) is 18.5 Å². The summed E-state index contributed by atoms with van der Waals surface area (Å²) in [5.74, 6) is -1.68. The number of hydrogen-bond acceptors (Lipinski definition) is 5. The van der Waals surface area contributed by atoms with Gasteiger partial charge in [-0.3, -0.25) is 4.90 Å². The van der Waals surface area contributed by atoms with Gasteiger partial charge in [0.15, 0.2) is 11.6 Å². The number of nitrogens with zero attached hydrogens (tertiary/aromatic N) is 1. The fourth-order valence-corrected chi connectivity index (χ4v) is 3.00. The molecule has 1 unspecified atom stereocenters. The number of ether oxygens (including phenoxy) is 3. The Labute approximate surface area is 156 Å². The molecule has 144 valence electrons. The molecule has 5 nitrogen and oxygen atoms in total. The first-order valence-corrected chi connectivity index (χ1v) is 8.65. The molecule has 1 aliphatic heterocycles. The van der Waals surface area contributed by atoms with Crippen LogP contribution in [0.5, 0.6) is 5.75 Å². The van der Waals surface area contributed by atoms with Crippen LogP contribution in [-0.2, 0) is 16.0 Å². The Morgan fingerprint density at radius 2 is 2.07 bits per heavy atom. The Balaban J connectivity index is 1.60. The molecule has 1 aliphatic rings. The van der Waals surface area contributed by atoms with Gasteiger partial charge in [-0.05, 0) is 23.8 Å². The minimum Gasteiger partial charge on any atom is -0.488 e. The maximum absolute atomic E-state index is 13.7. The zero-order chi connectivity index (χ0) is 19.2. The van der Waals surface area contributed by atoms with Gasteiger partial charge in [0.25, 0.3) is 0 Å². The minimum absolute atomic E-state index is 0.107. The number of rotatable bonds is 6. The van der Waals surface area contributed by atoms with Crippen LogP contribution in [0.25, 0.3) is 0 Å². The van der Waals surface area contributed by atoms with Crippen molar-refractivity contribution in [2.75, 3.05) is 33.4 Å². The second-order valence-corrected chi connectivity index (χ2v) is 6.26.